The Balaban J connectivity index is 2.34. The number of thioether (sulfide) groups is 1. The van der Waals surface area contributed by atoms with Crippen LogP contribution in [0.25, 0.3) is 0 Å². The van der Waals surface area contributed by atoms with Crippen molar-refractivity contribution in [3.63, 3.8) is 0 Å². The summed E-state index contributed by atoms with van der Waals surface area (Å²) >= 11 is 1.76. The summed E-state index contributed by atoms with van der Waals surface area (Å²) in [5.41, 5.74) is 0. The molecule has 0 unspecified atom stereocenters. The van der Waals surface area contributed by atoms with Gasteiger partial charge in [-0.3, -0.25) is 0 Å². The summed E-state index contributed by atoms with van der Waals surface area (Å²) in [6, 6.07) is 2.01. The van der Waals surface area contributed by atoms with E-state index >= 15 is 0 Å². The van der Waals surface area contributed by atoms with Crippen LogP contribution in [-0.4, -0.2) is 17.7 Å². The summed E-state index contributed by atoms with van der Waals surface area (Å²) < 4.78 is 12.9. The molecule has 1 fully saturated rings. The Hall–Kier alpha value is -0.230. The predicted molar refractivity (Wildman–Crippen MR) is 40.6 cm³/mol. The highest BCUT2D eigenvalue weighted by atomic mass is 32.2. The molecule has 1 rings (SSSR count). The molecule has 0 aromatic rings. The molecule has 0 aromatic heterocycles. The smallest absolute Gasteiger partial charge is 0.105 e. The van der Waals surface area contributed by atoms with Gasteiger partial charge in [0.2, 0.25) is 0 Å². The molecule has 0 N–H and O–H groups in total. The van der Waals surface area contributed by atoms with Gasteiger partial charge in [0, 0.05) is 12.3 Å². The van der Waals surface area contributed by atoms with Crippen LogP contribution in [0.3, 0.4) is 0 Å². The number of halogens is 1. The Morgan fingerprint density at radius 2 is 2.50 bits per heavy atom. The lowest BCUT2D eigenvalue weighted by Gasteiger charge is -2.22. The molecule has 2 atom stereocenters. The van der Waals surface area contributed by atoms with Gasteiger partial charge in [0.1, 0.15) is 6.17 Å². The quantitative estimate of drug-likeness (QED) is 0.584. The van der Waals surface area contributed by atoms with E-state index < -0.39 is 6.17 Å². The lowest BCUT2D eigenvalue weighted by molar-refractivity contribution is 0.236. The summed E-state index contributed by atoms with van der Waals surface area (Å²) in [4.78, 5) is 0. The van der Waals surface area contributed by atoms with Crippen LogP contribution in [0.4, 0.5) is 4.39 Å². The van der Waals surface area contributed by atoms with Crippen LogP contribution >= 0.6 is 11.8 Å². The molecule has 0 aliphatic carbocycles. The fraction of sp³-hybridized carbons (Fsp3) is 0.857. The van der Waals surface area contributed by atoms with Crippen LogP contribution in [0.2, 0.25) is 0 Å². The number of hydrogen-bond donors (Lipinski definition) is 0. The van der Waals surface area contributed by atoms with E-state index in [0.717, 1.165) is 11.5 Å². The maximum Gasteiger partial charge on any atom is 0.105 e. The first-order valence-electron chi connectivity index (χ1n) is 3.43. The van der Waals surface area contributed by atoms with Gasteiger partial charge in [0.05, 0.1) is 6.07 Å². The molecule has 0 spiro atoms. The normalized spacial score (nSPS) is 33.2. The summed E-state index contributed by atoms with van der Waals surface area (Å²) in [7, 11) is 0. The zero-order valence-corrected chi connectivity index (χ0v) is 6.53. The minimum Gasteiger partial charge on any atom is -0.247 e. The van der Waals surface area contributed by atoms with Gasteiger partial charge in [0.25, 0.3) is 0 Å². The molecule has 0 radical (unpaired) electrons. The summed E-state index contributed by atoms with van der Waals surface area (Å²) in [5, 5.41) is 8.31. The maximum atomic E-state index is 12.9. The van der Waals surface area contributed by atoms with E-state index in [1.54, 1.807) is 11.8 Å². The molecule has 0 aromatic carbocycles. The highest BCUT2D eigenvalue weighted by Crippen LogP contribution is 2.27. The number of rotatable bonds is 1. The van der Waals surface area contributed by atoms with Crippen molar-refractivity contribution in [1.82, 2.24) is 0 Å². The largest absolute Gasteiger partial charge is 0.247 e. The Bertz CT molecular complexity index is 143. The number of alkyl halides is 1. The summed E-state index contributed by atoms with van der Waals surface area (Å²) in [6.45, 7) is 0. The van der Waals surface area contributed by atoms with Crippen LogP contribution < -0.4 is 0 Å². The molecule has 1 nitrogen and oxygen atoms in total. The van der Waals surface area contributed by atoms with Crippen molar-refractivity contribution in [3.8, 4) is 6.07 Å². The molecule has 1 saturated heterocycles. The lowest BCUT2D eigenvalue weighted by atomic mass is 10.0. The zero-order chi connectivity index (χ0) is 7.40. The molecule has 0 amide bonds. The summed E-state index contributed by atoms with van der Waals surface area (Å²) in [5.74, 6) is 1.75. The first-order valence-corrected chi connectivity index (χ1v) is 4.59. The first-order chi connectivity index (χ1) is 4.84. The van der Waals surface area contributed by atoms with E-state index in [-0.39, 0.29) is 5.92 Å². The van der Waals surface area contributed by atoms with Gasteiger partial charge in [-0.05, 0) is 17.9 Å². The van der Waals surface area contributed by atoms with Gasteiger partial charge in [-0.15, -0.1) is 0 Å². The Kier molecular flexibility index (Phi) is 3.01. The van der Waals surface area contributed by atoms with Crippen molar-refractivity contribution in [1.29, 1.82) is 5.26 Å². The molecule has 10 heavy (non-hydrogen) atoms. The zero-order valence-electron chi connectivity index (χ0n) is 5.72. The van der Waals surface area contributed by atoms with E-state index in [1.807, 2.05) is 6.07 Å². The Labute approximate surface area is 64.6 Å². The highest BCUT2D eigenvalue weighted by molar-refractivity contribution is 7.99. The van der Waals surface area contributed by atoms with Crippen LogP contribution in [0.1, 0.15) is 12.8 Å². The molecule has 3 heteroatoms. The van der Waals surface area contributed by atoms with Gasteiger partial charge in [-0.1, -0.05) is 0 Å². The van der Waals surface area contributed by atoms with Crippen molar-refractivity contribution < 1.29 is 4.39 Å². The maximum absolute atomic E-state index is 12.9. The molecule has 1 heterocycles. The van der Waals surface area contributed by atoms with Crippen molar-refractivity contribution in [2.24, 2.45) is 5.92 Å². The van der Waals surface area contributed by atoms with Crippen LogP contribution in [0.15, 0.2) is 0 Å². The lowest BCUT2D eigenvalue weighted by Crippen LogP contribution is -2.23. The molecule has 0 saturated carbocycles. The van der Waals surface area contributed by atoms with Gasteiger partial charge >= 0.3 is 0 Å². The van der Waals surface area contributed by atoms with Gasteiger partial charge in [-0.25, -0.2) is 4.39 Å². The molecule has 0 bridgehead atoms. The van der Waals surface area contributed by atoms with Crippen molar-refractivity contribution in [2.75, 3.05) is 11.5 Å². The second kappa shape index (κ2) is 3.82. The molecular formula is C7H10FNS. The third-order valence-electron chi connectivity index (χ3n) is 1.73. The third-order valence-corrected chi connectivity index (χ3v) is 2.92. The molecule has 1 aliphatic heterocycles. The van der Waals surface area contributed by atoms with E-state index in [4.69, 9.17) is 5.26 Å². The van der Waals surface area contributed by atoms with E-state index in [1.165, 1.54) is 0 Å². The standard InChI is InChI=1S/C7H10FNS/c8-7-2-4-10-5-6(7)1-3-9/h6-7H,1-2,4-5H2/t6-,7-/m1/s1. The number of hydrogen-bond acceptors (Lipinski definition) is 2. The van der Waals surface area contributed by atoms with E-state index in [9.17, 15) is 4.39 Å². The Morgan fingerprint density at radius 3 is 3.10 bits per heavy atom. The fourth-order valence-electron chi connectivity index (χ4n) is 1.07. The van der Waals surface area contributed by atoms with Gasteiger partial charge in [0.15, 0.2) is 0 Å². The second-order valence-corrected chi connectivity index (χ2v) is 3.65. The topological polar surface area (TPSA) is 23.8 Å². The minimum absolute atomic E-state index is 0.00347. The van der Waals surface area contributed by atoms with Crippen molar-refractivity contribution >= 4 is 11.8 Å². The molecule has 56 valence electrons. The second-order valence-electron chi connectivity index (χ2n) is 2.50. The number of nitriles is 1. The Morgan fingerprint density at radius 1 is 1.70 bits per heavy atom. The minimum atomic E-state index is -0.721. The van der Waals surface area contributed by atoms with Crippen molar-refractivity contribution in [3.05, 3.63) is 0 Å². The van der Waals surface area contributed by atoms with Gasteiger partial charge < -0.3 is 0 Å². The first kappa shape index (κ1) is 7.87. The third kappa shape index (κ3) is 1.88. The summed E-state index contributed by atoms with van der Waals surface area (Å²) in [6.07, 6.45) is 0.298. The average molecular weight is 159 g/mol. The monoisotopic (exact) mass is 159 g/mol. The van der Waals surface area contributed by atoms with Gasteiger partial charge in [-0.2, -0.15) is 17.0 Å². The van der Waals surface area contributed by atoms with Crippen LogP contribution in [-0.2, 0) is 0 Å². The van der Waals surface area contributed by atoms with E-state index in [2.05, 4.69) is 0 Å². The van der Waals surface area contributed by atoms with E-state index in [0.29, 0.717) is 12.8 Å². The number of nitrogens with zero attached hydrogens (tertiary/aromatic N) is 1. The van der Waals surface area contributed by atoms with Crippen LogP contribution in [0.5, 0.6) is 0 Å². The van der Waals surface area contributed by atoms with Crippen LogP contribution in [0, 0.1) is 17.2 Å². The van der Waals surface area contributed by atoms with Crippen molar-refractivity contribution in [2.45, 2.75) is 19.0 Å². The molecular weight excluding hydrogens is 149 g/mol. The fourth-order valence-corrected chi connectivity index (χ4v) is 2.26. The highest BCUT2D eigenvalue weighted by Gasteiger charge is 2.24. The SMILES string of the molecule is N#CC[C@@H]1CSCC[C@H]1F. The average Bonchev–Trinajstić information content (AvgIpc) is 1.94. The molecule has 1 aliphatic rings. The predicted octanol–water partition coefficient (Wildman–Crippen LogP) is 1.99.